The van der Waals surface area contributed by atoms with Crippen LogP contribution in [0.3, 0.4) is 0 Å². The van der Waals surface area contributed by atoms with Crippen LogP contribution in [0.25, 0.3) is 0 Å². The Morgan fingerprint density at radius 2 is 2.08 bits per heavy atom. The normalized spacial score (nSPS) is 11.3. The van der Waals surface area contributed by atoms with Gasteiger partial charge in [0, 0.05) is 11.6 Å². The van der Waals surface area contributed by atoms with E-state index in [1.54, 1.807) is 24.3 Å². The van der Waals surface area contributed by atoms with E-state index >= 15 is 0 Å². The van der Waals surface area contributed by atoms with Crippen molar-refractivity contribution in [2.75, 3.05) is 26.4 Å². The highest BCUT2D eigenvalue weighted by molar-refractivity contribution is 5.94. The predicted octanol–water partition coefficient (Wildman–Crippen LogP) is 1.83. The van der Waals surface area contributed by atoms with Crippen molar-refractivity contribution >= 4 is 11.5 Å². The lowest BCUT2D eigenvalue weighted by molar-refractivity contribution is -0.385. The molecule has 26 heavy (non-hydrogen) atoms. The number of rotatable bonds is 9. The lowest BCUT2D eigenvalue weighted by Gasteiger charge is -2.07. The summed E-state index contributed by atoms with van der Waals surface area (Å²) in [7, 11) is 0. The number of ether oxygens (including phenoxy) is 2. The predicted molar refractivity (Wildman–Crippen MR) is 91.5 cm³/mol. The van der Waals surface area contributed by atoms with Gasteiger partial charge in [0.2, 0.25) is 0 Å². The van der Waals surface area contributed by atoms with E-state index in [0.717, 1.165) is 6.20 Å². The Hall–Kier alpha value is -3.20. The minimum atomic E-state index is -0.562. The van der Waals surface area contributed by atoms with E-state index in [1.807, 2.05) is 0 Å². The van der Waals surface area contributed by atoms with Crippen LogP contribution in [0, 0.1) is 10.1 Å². The molecule has 0 aliphatic rings. The van der Waals surface area contributed by atoms with Crippen molar-refractivity contribution in [1.29, 1.82) is 0 Å². The monoisotopic (exact) mass is 361 g/mol. The van der Waals surface area contributed by atoms with Crippen molar-refractivity contribution in [2.24, 2.45) is 4.99 Å². The van der Waals surface area contributed by atoms with E-state index in [-0.39, 0.29) is 30.1 Å². The Balaban J connectivity index is 1.74. The van der Waals surface area contributed by atoms with Crippen LogP contribution in [0.2, 0.25) is 0 Å². The van der Waals surface area contributed by atoms with Gasteiger partial charge in [-0.3, -0.25) is 19.9 Å². The molecule has 0 aliphatic heterocycles. The molecule has 9 heteroatoms. The van der Waals surface area contributed by atoms with Crippen molar-refractivity contribution in [3.05, 3.63) is 63.8 Å². The van der Waals surface area contributed by atoms with E-state index in [4.69, 9.17) is 9.47 Å². The highest BCUT2D eigenvalue weighted by atomic mass is 16.6. The zero-order valence-corrected chi connectivity index (χ0v) is 14.2. The first-order valence-corrected chi connectivity index (χ1v) is 7.86. The minimum absolute atomic E-state index is 0.0319. The summed E-state index contributed by atoms with van der Waals surface area (Å²) in [6.45, 7) is 2.59. The second-order valence-corrected chi connectivity index (χ2v) is 5.27. The number of nitro groups is 1. The molecule has 0 fully saturated rings. The molecule has 1 aromatic heterocycles. The van der Waals surface area contributed by atoms with Crippen molar-refractivity contribution in [3.63, 3.8) is 0 Å². The summed E-state index contributed by atoms with van der Waals surface area (Å²) in [6, 6.07) is 9.23. The first kappa shape index (κ1) is 19.1. The van der Waals surface area contributed by atoms with Gasteiger partial charge in [0.1, 0.15) is 12.4 Å². The second-order valence-electron chi connectivity index (χ2n) is 5.27. The summed E-state index contributed by atoms with van der Waals surface area (Å²) in [6.07, 6.45) is 1.15. The fraction of sp³-hybridized carbons (Fsp3) is 0.294. The molecule has 0 amide bonds. The standard InChI is InChI=1S/C17H19N3O6/c1-13(21)14-3-2-4-16(11-14)26-10-9-25-8-6-18-17-12-15(20(23)24)5-7-19(17)22/h2-5,7,11-12,22H,6,8-10H2,1H3. The van der Waals surface area contributed by atoms with E-state index in [0.29, 0.717) is 29.3 Å². The van der Waals surface area contributed by atoms with Crippen LogP contribution in [-0.4, -0.2) is 47.0 Å². The first-order valence-electron chi connectivity index (χ1n) is 7.86. The van der Waals surface area contributed by atoms with E-state index in [2.05, 4.69) is 4.99 Å². The van der Waals surface area contributed by atoms with Crippen LogP contribution in [0.15, 0.2) is 47.6 Å². The smallest absolute Gasteiger partial charge is 0.274 e. The quantitative estimate of drug-likeness (QED) is 0.239. The van der Waals surface area contributed by atoms with Crippen LogP contribution in [-0.2, 0) is 4.74 Å². The summed E-state index contributed by atoms with van der Waals surface area (Å²) in [5, 5.41) is 20.3. The Bertz CT molecular complexity index is 846. The molecule has 0 aliphatic carbocycles. The molecule has 0 radical (unpaired) electrons. The summed E-state index contributed by atoms with van der Waals surface area (Å²) >= 11 is 0. The summed E-state index contributed by atoms with van der Waals surface area (Å²) in [4.78, 5) is 25.5. The van der Waals surface area contributed by atoms with Gasteiger partial charge < -0.3 is 14.7 Å². The Morgan fingerprint density at radius 1 is 1.27 bits per heavy atom. The number of ketones is 1. The third-order valence-corrected chi connectivity index (χ3v) is 3.36. The number of benzene rings is 1. The first-order chi connectivity index (χ1) is 12.5. The van der Waals surface area contributed by atoms with Crippen LogP contribution in [0.5, 0.6) is 5.75 Å². The van der Waals surface area contributed by atoms with Crippen LogP contribution in [0.4, 0.5) is 5.69 Å². The molecule has 0 unspecified atom stereocenters. The van der Waals surface area contributed by atoms with Gasteiger partial charge in [-0.15, -0.1) is 0 Å². The second kappa shape index (κ2) is 9.33. The number of Topliss-reactive ketones (excluding diaryl/α,β-unsaturated/α-hetero) is 1. The van der Waals surface area contributed by atoms with Gasteiger partial charge in [0.25, 0.3) is 5.69 Å². The topological polar surface area (TPSA) is 116 Å². The molecular weight excluding hydrogens is 342 g/mol. The highest BCUT2D eigenvalue weighted by Gasteiger charge is 2.05. The molecule has 0 saturated carbocycles. The zero-order chi connectivity index (χ0) is 18.9. The number of carbonyl (C=O) groups excluding carboxylic acids is 1. The van der Waals surface area contributed by atoms with Gasteiger partial charge in [0.15, 0.2) is 11.3 Å². The molecule has 1 heterocycles. The summed E-state index contributed by atoms with van der Waals surface area (Å²) in [5.41, 5.74) is 0.493. The van der Waals surface area contributed by atoms with Crippen molar-refractivity contribution in [1.82, 2.24) is 4.73 Å². The van der Waals surface area contributed by atoms with E-state index in [9.17, 15) is 20.1 Å². The Morgan fingerprint density at radius 3 is 2.81 bits per heavy atom. The lowest BCUT2D eigenvalue weighted by atomic mass is 10.1. The molecular formula is C17H19N3O6. The minimum Gasteiger partial charge on any atom is -0.491 e. The molecule has 9 nitrogen and oxygen atoms in total. The fourth-order valence-electron chi connectivity index (χ4n) is 2.05. The maximum atomic E-state index is 11.3. The molecule has 2 rings (SSSR count). The zero-order valence-electron chi connectivity index (χ0n) is 14.2. The Labute approximate surface area is 149 Å². The molecule has 0 spiro atoms. The highest BCUT2D eigenvalue weighted by Crippen LogP contribution is 2.13. The van der Waals surface area contributed by atoms with Crippen molar-refractivity contribution in [2.45, 2.75) is 6.92 Å². The van der Waals surface area contributed by atoms with E-state index in [1.165, 1.54) is 19.1 Å². The maximum Gasteiger partial charge on any atom is 0.274 e. The van der Waals surface area contributed by atoms with Gasteiger partial charge in [-0.25, -0.2) is 0 Å². The average molecular weight is 361 g/mol. The maximum absolute atomic E-state index is 11.3. The van der Waals surface area contributed by atoms with Gasteiger partial charge in [-0.1, -0.05) is 12.1 Å². The third-order valence-electron chi connectivity index (χ3n) is 3.36. The number of carbonyl (C=O) groups is 1. The number of aromatic nitrogens is 1. The van der Waals surface area contributed by atoms with Crippen molar-refractivity contribution < 1.29 is 24.4 Å². The third kappa shape index (κ3) is 5.71. The molecule has 138 valence electrons. The van der Waals surface area contributed by atoms with Crippen LogP contribution in [0.1, 0.15) is 17.3 Å². The number of hydrogen-bond donors (Lipinski definition) is 1. The van der Waals surface area contributed by atoms with Crippen LogP contribution < -0.4 is 10.2 Å². The molecule has 0 atom stereocenters. The largest absolute Gasteiger partial charge is 0.491 e. The van der Waals surface area contributed by atoms with Gasteiger partial charge in [-0.2, -0.15) is 4.73 Å². The number of hydrogen-bond acceptors (Lipinski definition) is 7. The van der Waals surface area contributed by atoms with E-state index < -0.39 is 4.92 Å². The van der Waals surface area contributed by atoms with Gasteiger partial charge in [0.05, 0.1) is 36.9 Å². The van der Waals surface area contributed by atoms with Crippen molar-refractivity contribution in [3.8, 4) is 5.75 Å². The molecule has 0 bridgehead atoms. The Kier molecular flexibility index (Phi) is 6.86. The fourth-order valence-corrected chi connectivity index (χ4v) is 2.05. The number of pyridine rings is 1. The summed E-state index contributed by atoms with van der Waals surface area (Å²) in [5.74, 6) is 0.555. The van der Waals surface area contributed by atoms with Gasteiger partial charge >= 0.3 is 0 Å². The summed E-state index contributed by atoms with van der Waals surface area (Å²) < 4.78 is 11.6. The van der Waals surface area contributed by atoms with Crippen LogP contribution >= 0.6 is 0 Å². The van der Waals surface area contributed by atoms with Gasteiger partial charge in [-0.05, 0) is 19.1 Å². The SMILES string of the molecule is CC(=O)c1cccc(OCCOCCN=c2cc([N+](=O)[O-])ccn2O)c1. The lowest BCUT2D eigenvalue weighted by Crippen LogP contribution is -2.19. The molecule has 0 saturated heterocycles. The molecule has 1 aromatic carbocycles. The average Bonchev–Trinajstić information content (AvgIpc) is 2.62. The molecule has 1 N–H and O–H groups in total. The number of nitrogens with zero attached hydrogens (tertiary/aromatic N) is 3. The molecule has 2 aromatic rings.